The van der Waals surface area contributed by atoms with Crippen LogP contribution in [0.4, 0.5) is 4.39 Å². The van der Waals surface area contributed by atoms with Crippen molar-refractivity contribution in [3.63, 3.8) is 0 Å². The van der Waals surface area contributed by atoms with Crippen molar-refractivity contribution in [3.8, 4) is 0 Å². The maximum atomic E-state index is 13.4. The van der Waals surface area contributed by atoms with Gasteiger partial charge in [0.25, 0.3) is 5.91 Å². The van der Waals surface area contributed by atoms with Gasteiger partial charge in [-0.2, -0.15) is 0 Å². The molecule has 1 heterocycles. The number of rotatable bonds is 4. The number of halogens is 3. The molecule has 6 heteroatoms. The van der Waals surface area contributed by atoms with E-state index in [0.29, 0.717) is 11.5 Å². The molecule has 118 valence electrons. The van der Waals surface area contributed by atoms with E-state index in [9.17, 15) is 9.18 Å². The first-order chi connectivity index (χ1) is 9.61. The summed E-state index contributed by atoms with van der Waals surface area (Å²) < 4.78 is 13.4. The van der Waals surface area contributed by atoms with Gasteiger partial charge >= 0.3 is 0 Å². The summed E-state index contributed by atoms with van der Waals surface area (Å²) in [6, 6.07) is 4.24. The van der Waals surface area contributed by atoms with E-state index in [-0.39, 0.29) is 23.3 Å². The molecule has 0 aromatic heterocycles. The van der Waals surface area contributed by atoms with Crippen LogP contribution < -0.4 is 5.32 Å². The molecule has 0 radical (unpaired) electrons. The monoisotopic (exact) mass is 334 g/mol. The average Bonchev–Trinajstić information content (AvgIpc) is 2.48. The number of nitrogens with zero attached hydrogens (tertiary/aromatic N) is 1. The van der Waals surface area contributed by atoms with E-state index in [1.165, 1.54) is 12.1 Å². The topological polar surface area (TPSA) is 32.3 Å². The molecule has 21 heavy (non-hydrogen) atoms. The molecule has 1 fully saturated rings. The summed E-state index contributed by atoms with van der Waals surface area (Å²) in [5.41, 5.74) is 0.376. The van der Waals surface area contributed by atoms with Crippen molar-refractivity contribution in [2.24, 2.45) is 5.92 Å². The highest BCUT2D eigenvalue weighted by atomic mass is 35.5. The van der Waals surface area contributed by atoms with Crippen molar-refractivity contribution in [1.82, 2.24) is 10.2 Å². The SMILES string of the molecule is CNCCC1CCN(C(=O)c2ccc(Cl)c(F)c2)CC1.Cl. The van der Waals surface area contributed by atoms with E-state index >= 15 is 0 Å². The molecule has 0 unspecified atom stereocenters. The predicted octanol–water partition coefficient (Wildman–Crippen LogP) is 3.36. The molecule has 0 bridgehead atoms. The van der Waals surface area contributed by atoms with E-state index in [1.807, 2.05) is 7.05 Å². The Labute approximate surface area is 136 Å². The van der Waals surface area contributed by atoms with Gasteiger partial charge in [0.05, 0.1) is 5.02 Å². The molecule has 0 saturated carbocycles. The fraction of sp³-hybridized carbons (Fsp3) is 0.533. The Morgan fingerprint density at radius 1 is 1.43 bits per heavy atom. The minimum Gasteiger partial charge on any atom is -0.339 e. The third kappa shape index (κ3) is 4.83. The van der Waals surface area contributed by atoms with Crippen molar-refractivity contribution >= 4 is 29.9 Å². The molecule has 1 aromatic carbocycles. The summed E-state index contributed by atoms with van der Waals surface area (Å²) in [6.07, 6.45) is 3.18. The van der Waals surface area contributed by atoms with Crippen LogP contribution in [0.1, 0.15) is 29.6 Å². The first-order valence-electron chi connectivity index (χ1n) is 7.00. The van der Waals surface area contributed by atoms with Crippen LogP contribution in [0.5, 0.6) is 0 Å². The second-order valence-electron chi connectivity index (χ2n) is 5.26. The molecule has 1 amide bonds. The van der Waals surface area contributed by atoms with Crippen LogP contribution in [0, 0.1) is 11.7 Å². The molecule has 0 spiro atoms. The lowest BCUT2D eigenvalue weighted by Crippen LogP contribution is -2.39. The van der Waals surface area contributed by atoms with Crippen LogP contribution in [0.3, 0.4) is 0 Å². The molecule has 2 rings (SSSR count). The summed E-state index contributed by atoms with van der Waals surface area (Å²) in [5.74, 6) is 0.0301. The Bertz CT molecular complexity index is 477. The quantitative estimate of drug-likeness (QED) is 0.915. The lowest BCUT2D eigenvalue weighted by atomic mass is 9.93. The molecule has 1 aliphatic heterocycles. The van der Waals surface area contributed by atoms with E-state index in [2.05, 4.69) is 5.32 Å². The Hall–Kier alpha value is -0.840. The van der Waals surface area contributed by atoms with Gasteiger partial charge in [-0.3, -0.25) is 4.79 Å². The number of carbonyl (C=O) groups excluding carboxylic acids is 1. The van der Waals surface area contributed by atoms with Gasteiger partial charge in [-0.15, -0.1) is 12.4 Å². The highest BCUT2D eigenvalue weighted by molar-refractivity contribution is 6.30. The minimum atomic E-state index is -0.540. The summed E-state index contributed by atoms with van der Waals surface area (Å²) >= 11 is 5.63. The number of carbonyl (C=O) groups is 1. The van der Waals surface area contributed by atoms with Crippen LogP contribution in [0.25, 0.3) is 0 Å². The van der Waals surface area contributed by atoms with Gasteiger partial charge in [0.15, 0.2) is 0 Å². The van der Waals surface area contributed by atoms with Gasteiger partial charge < -0.3 is 10.2 Å². The zero-order valence-electron chi connectivity index (χ0n) is 12.1. The molecule has 1 N–H and O–H groups in total. The largest absolute Gasteiger partial charge is 0.339 e. The average molecular weight is 335 g/mol. The van der Waals surface area contributed by atoms with E-state index in [0.717, 1.165) is 38.9 Å². The number of amides is 1. The number of nitrogens with one attached hydrogen (secondary N) is 1. The maximum Gasteiger partial charge on any atom is 0.253 e. The third-order valence-electron chi connectivity index (χ3n) is 3.87. The Morgan fingerprint density at radius 3 is 2.67 bits per heavy atom. The zero-order valence-corrected chi connectivity index (χ0v) is 13.6. The van der Waals surface area contributed by atoms with Gasteiger partial charge in [-0.05, 0) is 57.0 Å². The van der Waals surface area contributed by atoms with Gasteiger partial charge in [-0.25, -0.2) is 4.39 Å². The molecule has 1 aromatic rings. The second-order valence-corrected chi connectivity index (χ2v) is 5.66. The van der Waals surface area contributed by atoms with Crippen LogP contribution in [-0.2, 0) is 0 Å². The number of hydrogen-bond acceptors (Lipinski definition) is 2. The first-order valence-corrected chi connectivity index (χ1v) is 7.38. The zero-order chi connectivity index (χ0) is 14.5. The smallest absolute Gasteiger partial charge is 0.253 e. The molecular formula is C15H21Cl2FN2O. The van der Waals surface area contributed by atoms with Gasteiger partial charge in [0.1, 0.15) is 5.82 Å². The first kappa shape index (κ1) is 18.2. The van der Waals surface area contributed by atoms with E-state index in [4.69, 9.17) is 11.6 Å². The van der Waals surface area contributed by atoms with Crippen molar-refractivity contribution in [3.05, 3.63) is 34.6 Å². The van der Waals surface area contributed by atoms with E-state index in [1.54, 1.807) is 11.0 Å². The molecular weight excluding hydrogens is 314 g/mol. The normalized spacial score (nSPS) is 15.7. The summed E-state index contributed by atoms with van der Waals surface area (Å²) in [7, 11) is 1.95. The van der Waals surface area contributed by atoms with Crippen molar-refractivity contribution in [2.75, 3.05) is 26.7 Å². The van der Waals surface area contributed by atoms with Crippen molar-refractivity contribution < 1.29 is 9.18 Å². The molecule has 1 aliphatic rings. The maximum absolute atomic E-state index is 13.4. The van der Waals surface area contributed by atoms with Crippen LogP contribution >= 0.6 is 24.0 Å². The van der Waals surface area contributed by atoms with Crippen LogP contribution in [-0.4, -0.2) is 37.5 Å². The number of likely N-dealkylation sites (tertiary alicyclic amines) is 1. The third-order valence-corrected chi connectivity index (χ3v) is 4.18. The summed E-state index contributed by atoms with van der Waals surface area (Å²) in [5, 5.41) is 3.20. The fourth-order valence-electron chi connectivity index (χ4n) is 2.58. The molecule has 1 saturated heterocycles. The molecule has 3 nitrogen and oxygen atoms in total. The summed E-state index contributed by atoms with van der Waals surface area (Å²) in [4.78, 5) is 14.1. The van der Waals surface area contributed by atoms with Crippen LogP contribution in [0.15, 0.2) is 18.2 Å². The van der Waals surface area contributed by atoms with Gasteiger partial charge in [-0.1, -0.05) is 11.6 Å². The lowest BCUT2D eigenvalue weighted by Gasteiger charge is -2.32. The Kier molecular flexibility index (Phi) is 7.43. The predicted molar refractivity (Wildman–Crippen MR) is 85.8 cm³/mol. The Morgan fingerprint density at radius 2 is 2.10 bits per heavy atom. The standard InChI is InChI=1S/C15H20ClFN2O.ClH/c1-18-7-4-11-5-8-19(9-6-11)15(20)12-2-3-13(16)14(17)10-12;/h2-3,10-11,18H,4-9H2,1H3;1H. The number of benzene rings is 1. The number of hydrogen-bond donors (Lipinski definition) is 1. The van der Waals surface area contributed by atoms with Gasteiger partial charge in [0, 0.05) is 18.7 Å². The highest BCUT2D eigenvalue weighted by Gasteiger charge is 2.23. The minimum absolute atomic E-state index is 0. The Balaban J connectivity index is 0.00000220. The second kappa shape index (κ2) is 8.57. The van der Waals surface area contributed by atoms with Crippen molar-refractivity contribution in [2.45, 2.75) is 19.3 Å². The lowest BCUT2D eigenvalue weighted by molar-refractivity contribution is 0.0686. The van der Waals surface area contributed by atoms with Crippen LogP contribution in [0.2, 0.25) is 5.02 Å². The summed E-state index contributed by atoms with van der Waals surface area (Å²) in [6.45, 7) is 2.51. The molecule has 0 aliphatic carbocycles. The molecule has 0 atom stereocenters. The fourth-order valence-corrected chi connectivity index (χ4v) is 2.70. The highest BCUT2D eigenvalue weighted by Crippen LogP contribution is 2.22. The van der Waals surface area contributed by atoms with E-state index < -0.39 is 5.82 Å². The van der Waals surface area contributed by atoms with Crippen molar-refractivity contribution in [1.29, 1.82) is 0 Å². The van der Waals surface area contributed by atoms with Gasteiger partial charge in [0.2, 0.25) is 0 Å². The number of piperidine rings is 1.